The van der Waals surface area contributed by atoms with Gasteiger partial charge < -0.3 is 10.1 Å². The Morgan fingerprint density at radius 3 is 2.88 bits per heavy atom. The first-order valence-electron chi connectivity index (χ1n) is 5.82. The van der Waals surface area contributed by atoms with Crippen molar-refractivity contribution >= 4 is 5.91 Å². The van der Waals surface area contributed by atoms with Gasteiger partial charge in [-0.3, -0.25) is 9.78 Å². The summed E-state index contributed by atoms with van der Waals surface area (Å²) in [6.07, 6.45) is 6.50. The first-order chi connectivity index (χ1) is 8.20. The molecule has 0 unspecified atom stereocenters. The summed E-state index contributed by atoms with van der Waals surface area (Å²) in [5.74, 6) is -0.161. The molecule has 1 aliphatic heterocycles. The van der Waals surface area contributed by atoms with Gasteiger partial charge in [-0.1, -0.05) is 6.92 Å². The molecule has 1 N–H and O–H groups in total. The summed E-state index contributed by atoms with van der Waals surface area (Å²) in [7, 11) is 0. The maximum Gasteiger partial charge on any atom is 0.271 e. The molecule has 0 atom stereocenters. The zero-order valence-corrected chi connectivity index (χ0v) is 9.98. The molecule has 5 nitrogen and oxygen atoms in total. The molecule has 0 bridgehead atoms. The van der Waals surface area contributed by atoms with Crippen LogP contribution in [-0.4, -0.2) is 35.6 Å². The van der Waals surface area contributed by atoms with Crippen molar-refractivity contribution in [2.24, 2.45) is 5.41 Å². The molecule has 1 aromatic heterocycles. The third kappa shape index (κ3) is 3.23. The molecule has 2 rings (SSSR count). The quantitative estimate of drug-likeness (QED) is 0.849. The highest BCUT2D eigenvalue weighted by Crippen LogP contribution is 2.28. The number of ether oxygens (including phenoxy) is 1. The fourth-order valence-electron chi connectivity index (χ4n) is 1.84. The van der Waals surface area contributed by atoms with Crippen LogP contribution in [0.3, 0.4) is 0 Å². The minimum atomic E-state index is -0.161. The van der Waals surface area contributed by atoms with Crippen molar-refractivity contribution in [2.45, 2.75) is 19.8 Å². The highest BCUT2D eigenvalue weighted by molar-refractivity contribution is 5.91. The second-order valence-electron chi connectivity index (χ2n) is 4.70. The lowest BCUT2D eigenvalue weighted by Gasteiger charge is -2.33. The lowest BCUT2D eigenvalue weighted by molar-refractivity contribution is 0.0238. The van der Waals surface area contributed by atoms with E-state index >= 15 is 0 Å². The highest BCUT2D eigenvalue weighted by Gasteiger charge is 2.27. The molecule has 17 heavy (non-hydrogen) atoms. The molecule has 0 aromatic carbocycles. The molecule has 1 aliphatic rings. The molecule has 1 amide bonds. The Kier molecular flexibility index (Phi) is 3.68. The van der Waals surface area contributed by atoms with Crippen molar-refractivity contribution in [3.8, 4) is 0 Å². The van der Waals surface area contributed by atoms with Gasteiger partial charge >= 0.3 is 0 Å². The van der Waals surface area contributed by atoms with Crippen LogP contribution in [0.5, 0.6) is 0 Å². The molecule has 0 spiro atoms. The summed E-state index contributed by atoms with van der Waals surface area (Å²) in [4.78, 5) is 19.6. The van der Waals surface area contributed by atoms with E-state index < -0.39 is 0 Å². The van der Waals surface area contributed by atoms with Crippen LogP contribution in [0.1, 0.15) is 30.3 Å². The van der Waals surface area contributed by atoms with Gasteiger partial charge in [-0.15, -0.1) is 0 Å². The summed E-state index contributed by atoms with van der Waals surface area (Å²) in [5, 5.41) is 2.91. The lowest BCUT2D eigenvalue weighted by atomic mass is 9.82. The van der Waals surface area contributed by atoms with Crippen LogP contribution in [0.25, 0.3) is 0 Å². The summed E-state index contributed by atoms with van der Waals surface area (Å²) in [6.45, 7) is 4.38. The fraction of sp³-hybridized carbons (Fsp3) is 0.583. The van der Waals surface area contributed by atoms with Crippen LogP contribution in [-0.2, 0) is 4.74 Å². The van der Waals surface area contributed by atoms with Crippen molar-refractivity contribution in [1.82, 2.24) is 15.3 Å². The monoisotopic (exact) mass is 235 g/mol. The number of hydrogen-bond donors (Lipinski definition) is 1. The average molecular weight is 235 g/mol. The van der Waals surface area contributed by atoms with E-state index in [9.17, 15) is 4.79 Å². The van der Waals surface area contributed by atoms with E-state index in [4.69, 9.17) is 4.74 Å². The van der Waals surface area contributed by atoms with Crippen LogP contribution < -0.4 is 5.32 Å². The zero-order valence-electron chi connectivity index (χ0n) is 9.98. The number of nitrogens with one attached hydrogen (secondary N) is 1. The van der Waals surface area contributed by atoms with E-state index in [1.54, 1.807) is 6.20 Å². The number of carbonyl (C=O) groups excluding carboxylic acids is 1. The fourth-order valence-corrected chi connectivity index (χ4v) is 1.84. The molecule has 1 fully saturated rings. The normalized spacial score (nSPS) is 18.6. The third-order valence-electron chi connectivity index (χ3n) is 3.17. The molecular formula is C12H17N3O2. The second kappa shape index (κ2) is 5.23. The lowest BCUT2D eigenvalue weighted by Crippen LogP contribution is -2.39. The Labute approximate surface area is 101 Å². The van der Waals surface area contributed by atoms with Gasteiger partial charge in [-0.05, 0) is 18.3 Å². The molecule has 0 saturated carbocycles. The van der Waals surface area contributed by atoms with E-state index in [2.05, 4.69) is 22.2 Å². The number of amides is 1. The number of rotatable bonds is 3. The van der Waals surface area contributed by atoms with Crippen molar-refractivity contribution in [3.05, 3.63) is 24.3 Å². The standard InChI is InChI=1S/C12H17N3O2/c1-12(2-6-17-7-3-12)9-15-11(16)10-8-13-4-5-14-10/h4-5,8H,2-3,6-7,9H2,1H3,(H,15,16). The Hall–Kier alpha value is -1.49. The summed E-state index contributed by atoms with van der Waals surface area (Å²) < 4.78 is 5.32. The minimum Gasteiger partial charge on any atom is -0.381 e. The van der Waals surface area contributed by atoms with E-state index in [-0.39, 0.29) is 11.3 Å². The van der Waals surface area contributed by atoms with Gasteiger partial charge in [0.2, 0.25) is 0 Å². The van der Waals surface area contributed by atoms with Crippen LogP contribution in [0.4, 0.5) is 0 Å². The second-order valence-corrected chi connectivity index (χ2v) is 4.70. The molecule has 0 aliphatic carbocycles. The molecule has 1 aromatic rings. The first kappa shape index (κ1) is 12.0. The SMILES string of the molecule is CC1(CNC(=O)c2cnccn2)CCOCC1. The van der Waals surface area contributed by atoms with Gasteiger partial charge in [-0.2, -0.15) is 0 Å². The summed E-state index contributed by atoms with van der Waals surface area (Å²) in [6, 6.07) is 0. The Morgan fingerprint density at radius 1 is 1.47 bits per heavy atom. The number of hydrogen-bond acceptors (Lipinski definition) is 4. The van der Waals surface area contributed by atoms with Crippen molar-refractivity contribution in [3.63, 3.8) is 0 Å². The Bertz CT molecular complexity index is 375. The maximum absolute atomic E-state index is 11.8. The number of carbonyl (C=O) groups is 1. The van der Waals surface area contributed by atoms with Gasteiger partial charge in [0.25, 0.3) is 5.91 Å². The van der Waals surface area contributed by atoms with Gasteiger partial charge in [0.05, 0.1) is 6.20 Å². The predicted octanol–water partition coefficient (Wildman–Crippen LogP) is 1.02. The molecule has 5 heteroatoms. The number of nitrogens with zero attached hydrogens (tertiary/aromatic N) is 2. The van der Waals surface area contributed by atoms with E-state index in [0.29, 0.717) is 12.2 Å². The Balaban J connectivity index is 1.87. The van der Waals surface area contributed by atoms with E-state index in [1.165, 1.54) is 12.4 Å². The molecular weight excluding hydrogens is 218 g/mol. The largest absolute Gasteiger partial charge is 0.381 e. The topological polar surface area (TPSA) is 64.1 Å². The van der Waals surface area contributed by atoms with E-state index in [0.717, 1.165) is 26.1 Å². The predicted molar refractivity (Wildman–Crippen MR) is 62.5 cm³/mol. The van der Waals surface area contributed by atoms with Crippen LogP contribution in [0.15, 0.2) is 18.6 Å². The van der Waals surface area contributed by atoms with Crippen LogP contribution >= 0.6 is 0 Å². The van der Waals surface area contributed by atoms with Gasteiger partial charge in [0.1, 0.15) is 5.69 Å². The highest BCUT2D eigenvalue weighted by atomic mass is 16.5. The van der Waals surface area contributed by atoms with Crippen LogP contribution in [0, 0.1) is 5.41 Å². The average Bonchev–Trinajstić information content (AvgIpc) is 2.38. The molecule has 2 heterocycles. The maximum atomic E-state index is 11.8. The van der Waals surface area contributed by atoms with Crippen molar-refractivity contribution < 1.29 is 9.53 Å². The smallest absolute Gasteiger partial charge is 0.271 e. The van der Waals surface area contributed by atoms with Crippen molar-refractivity contribution in [2.75, 3.05) is 19.8 Å². The van der Waals surface area contributed by atoms with Gasteiger partial charge in [-0.25, -0.2) is 4.98 Å². The molecule has 1 saturated heterocycles. The third-order valence-corrected chi connectivity index (χ3v) is 3.17. The number of aromatic nitrogens is 2. The van der Waals surface area contributed by atoms with Gasteiger partial charge in [0, 0.05) is 32.2 Å². The zero-order chi connectivity index (χ0) is 12.1. The minimum absolute atomic E-state index is 0.135. The van der Waals surface area contributed by atoms with Gasteiger partial charge in [0.15, 0.2) is 0 Å². The van der Waals surface area contributed by atoms with Crippen molar-refractivity contribution in [1.29, 1.82) is 0 Å². The molecule has 92 valence electrons. The summed E-state index contributed by atoms with van der Waals surface area (Å²) in [5.41, 5.74) is 0.499. The van der Waals surface area contributed by atoms with E-state index in [1.807, 2.05) is 0 Å². The summed E-state index contributed by atoms with van der Waals surface area (Å²) >= 11 is 0. The first-order valence-corrected chi connectivity index (χ1v) is 5.82. The Morgan fingerprint density at radius 2 is 2.24 bits per heavy atom. The van der Waals surface area contributed by atoms with Crippen LogP contribution in [0.2, 0.25) is 0 Å². The molecule has 0 radical (unpaired) electrons.